The predicted molar refractivity (Wildman–Crippen MR) is 73.8 cm³/mol. The zero-order valence-corrected chi connectivity index (χ0v) is 11.6. The highest BCUT2D eigenvalue weighted by Crippen LogP contribution is 2.37. The van der Waals surface area contributed by atoms with Gasteiger partial charge in [0.25, 0.3) is 0 Å². The van der Waals surface area contributed by atoms with Crippen molar-refractivity contribution in [1.82, 2.24) is 10.2 Å². The van der Waals surface area contributed by atoms with Gasteiger partial charge >= 0.3 is 0 Å². The number of nitrogens with zero attached hydrogens (tertiary/aromatic N) is 1. The second-order valence-corrected chi connectivity index (χ2v) is 6.35. The number of piperazine rings is 1. The highest BCUT2D eigenvalue weighted by molar-refractivity contribution is 5.00. The lowest BCUT2D eigenvalue weighted by Gasteiger charge is -2.53. The molecular weight excluding hydrogens is 224 g/mol. The van der Waals surface area contributed by atoms with E-state index in [1.54, 1.807) is 0 Å². The maximum atomic E-state index is 5.65. The predicted octanol–water partition coefficient (Wildman–Crippen LogP) is 2.16. The Morgan fingerprint density at radius 2 is 1.89 bits per heavy atom. The van der Waals surface area contributed by atoms with Crippen molar-refractivity contribution in [1.29, 1.82) is 0 Å². The molecule has 2 aliphatic heterocycles. The fourth-order valence-corrected chi connectivity index (χ4v) is 4.30. The summed E-state index contributed by atoms with van der Waals surface area (Å²) in [5.41, 5.74) is 0.492. The third-order valence-corrected chi connectivity index (χ3v) is 5.24. The fourth-order valence-electron chi connectivity index (χ4n) is 4.30. The van der Waals surface area contributed by atoms with Crippen LogP contribution in [0.1, 0.15) is 51.4 Å². The van der Waals surface area contributed by atoms with Crippen LogP contribution in [0.25, 0.3) is 0 Å². The smallest absolute Gasteiger partial charge is 0.0480 e. The number of hydrogen-bond donors (Lipinski definition) is 1. The Hall–Kier alpha value is -0.120. The standard InChI is InChI=1S/C15H28N2O/c1-2-7-15(8-3-1)13-16-9-10-17(15)14-5-4-11-18-12-6-14/h14,16H,1-13H2. The minimum absolute atomic E-state index is 0.492. The molecule has 1 atom stereocenters. The van der Waals surface area contributed by atoms with Gasteiger partial charge < -0.3 is 10.1 Å². The molecule has 1 saturated carbocycles. The van der Waals surface area contributed by atoms with Crippen LogP contribution in [-0.2, 0) is 4.74 Å². The van der Waals surface area contributed by atoms with Gasteiger partial charge in [0.05, 0.1) is 0 Å². The van der Waals surface area contributed by atoms with E-state index >= 15 is 0 Å². The number of hydrogen-bond acceptors (Lipinski definition) is 3. The molecule has 3 aliphatic rings. The molecule has 0 aromatic carbocycles. The molecule has 104 valence electrons. The van der Waals surface area contributed by atoms with Gasteiger partial charge in [-0.3, -0.25) is 4.90 Å². The lowest BCUT2D eigenvalue weighted by Crippen LogP contribution is -2.64. The minimum atomic E-state index is 0.492. The first kappa shape index (κ1) is 12.9. The monoisotopic (exact) mass is 252 g/mol. The number of ether oxygens (including phenoxy) is 1. The molecule has 2 saturated heterocycles. The summed E-state index contributed by atoms with van der Waals surface area (Å²) in [6.07, 6.45) is 11.0. The first-order valence-electron chi connectivity index (χ1n) is 7.96. The molecule has 1 aliphatic carbocycles. The molecular formula is C15H28N2O. The van der Waals surface area contributed by atoms with E-state index in [0.29, 0.717) is 5.54 Å². The average molecular weight is 252 g/mol. The Morgan fingerprint density at radius 1 is 1.00 bits per heavy atom. The van der Waals surface area contributed by atoms with E-state index in [0.717, 1.165) is 19.3 Å². The summed E-state index contributed by atoms with van der Waals surface area (Å²) in [6, 6.07) is 0.785. The van der Waals surface area contributed by atoms with Gasteiger partial charge in [0.1, 0.15) is 0 Å². The van der Waals surface area contributed by atoms with Crippen LogP contribution in [0.15, 0.2) is 0 Å². The van der Waals surface area contributed by atoms with Crippen LogP contribution >= 0.6 is 0 Å². The van der Waals surface area contributed by atoms with Gasteiger partial charge in [-0.2, -0.15) is 0 Å². The summed E-state index contributed by atoms with van der Waals surface area (Å²) in [5.74, 6) is 0. The molecule has 1 unspecified atom stereocenters. The minimum Gasteiger partial charge on any atom is -0.381 e. The molecule has 0 aromatic rings. The maximum absolute atomic E-state index is 5.65. The zero-order chi connectivity index (χ0) is 12.3. The quantitative estimate of drug-likeness (QED) is 0.774. The molecule has 3 fully saturated rings. The SMILES string of the molecule is C1CCC2(CC1)CNCCN2C1CCCOCC1. The van der Waals surface area contributed by atoms with Crippen LogP contribution < -0.4 is 5.32 Å². The van der Waals surface area contributed by atoms with Gasteiger partial charge in [0.2, 0.25) is 0 Å². The summed E-state index contributed by atoms with van der Waals surface area (Å²) in [5, 5.41) is 3.66. The Balaban J connectivity index is 1.73. The van der Waals surface area contributed by atoms with Crippen LogP contribution in [0.2, 0.25) is 0 Å². The summed E-state index contributed by atoms with van der Waals surface area (Å²) in [4.78, 5) is 2.89. The highest BCUT2D eigenvalue weighted by Gasteiger charge is 2.42. The molecule has 3 nitrogen and oxygen atoms in total. The zero-order valence-electron chi connectivity index (χ0n) is 11.6. The molecule has 0 radical (unpaired) electrons. The van der Waals surface area contributed by atoms with E-state index in [2.05, 4.69) is 10.2 Å². The molecule has 18 heavy (non-hydrogen) atoms. The van der Waals surface area contributed by atoms with Crippen molar-refractivity contribution in [3.8, 4) is 0 Å². The van der Waals surface area contributed by atoms with Crippen molar-refractivity contribution in [2.45, 2.75) is 62.9 Å². The largest absolute Gasteiger partial charge is 0.381 e. The normalized spacial score (nSPS) is 34.3. The van der Waals surface area contributed by atoms with E-state index < -0.39 is 0 Å². The third kappa shape index (κ3) is 2.59. The van der Waals surface area contributed by atoms with Gasteiger partial charge in [0, 0.05) is 44.4 Å². The Labute approximate surface area is 111 Å². The molecule has 2 heterocycles. The van der Waals surface area contributed by atoms with E-state index in [9.17, 15) is 0 Å². The Kier molecular flexibility index (Phi) is 4.22. The highest BCUT2D eigenvalue weighted by atomic mass is 16.5. The maximum Gasteiger partial charge on any atom is 0.0480 e. The van der Waals surface area contributed by atoms with Crippen molar-refractivity contribution < 1.29 is 4.74 Å². The van der Waals surface area contributed by atoms with Crippen molar-refractivity contribution >= 4 is 0 Å². The summed E-state index contributed by atoms with van der Waals surface area (Å²) in [7, 11) is 0. The summed E-state index contributed by atoms with van der Waals surface area (Å²) in [6.45, 7) is 5.62. The van der Waals surface area contributed by atoms with Gasteiger partial charge in [-0.15, -0.1) is 0 Å². The molecule has 0 bridgehead atoms. The van der Waals surface area contributed by atoms with E-state index in [1.807, 2.05) is 0 Å². The lowest BCUT2D eigenvalue weighted by atomic mass is 9.77. The lowest BCUT2D eigenvalue weighted by molar-refractivity contribution is -0.0134. The second kappa shape index (κ2) is 5.89. The molecule has 0 aromatic heterocycles. The number of nitrogens with one attached hydrogen (secondary N) is 1. The van der Waals surface area contributed by atoms with Crippen LogP contribution in [0.5, 0.6) is 0 Å². The number of rotatable bonds is 1. The van der Waals surface area contributed by atoms with E-state index in [1.165, 1.54) is 71.0 Å². The molecule has 1 N–H and O–H groups in total. The first-order valence-corrected chi connectivity index (χ1v) is 7.96. The van der Waals surface area contributed by atoms with Gasteiger partial charge in [-0.25, -0.2) is 0 Å². The first-order chi connectivity index (χ1) is 8.91. The summed E-state index contributed by atoms with van der Waals surface area (Å²) < 4.78 is 5.65. The topological polar surface area (TPSA) is 24.5 Å². The third-order valence-electron chi connectivity index (χ3n) is 5.24. The molecule has 0 amide bonds. The fraction of sp³-hybridized carbons (Fsp3) is 1.00. The van der Waals surface area contributed by atoms with Gasteiger partial charge in [-0.1, -0.05) is 19.3 Å². The molecule has 3 heteroatoms. The van der Waals surface area contributed by atoms with Crippen molar-refractivity contribution in [2.24, 2.45) is 0 Å². The van der Waals surface area contributed by atoms with Crippen LogP contribution in [0.4, 0.5) is 0 Å². The second-order valence-electron chi connectivity index (χ2n) is 6.35. The van der Waals surface area contributed by atoms with Crippen molar-refractivity contribution in [2.75, 3.05) is 32.8 Å². The average Bonchev–Trinajstić information content (AvgIpc) is 2.69. The Morgan fingerprint density at radius 3 is 2.78 bits per heavy atom. The Bertz CT molecular complexity index is 247. The van der Waals surface area contributed by atoms with Crippen LogP contribution in [-0.4, -0.2) is 49.3 Å². The van der Waals surface area contributed by atoms with Gasteiger partial charge in [0.15, 0.2) is 0 Å². The van der Waals surface area contributed by atoms with Crippen LogP contribution in [0.3, 0.4) is 0 Å². The van der Waals surface area contributed by atoms with Crippen molar-refractivity contribution in [3.05, 3.63) is 0 Å². The van der Waals surface area contributed by atoms with E-state index in [-0.39, 0.29) is 0 Å². The molecule has 3 rings (SSSR count). The van der Waals surface area contributed by atoms with Gasteiger partial charge in [-0.05, 0) is 32.1 Å². The summed E-state index contributed by atoms with van der Waals surface area (Å²) >= 11 is 0. The van der Waals surface area contributed by atoms with Crippen LogP contribution in [0, 0.1) is 0 Å². The molecule has 1 spiro atoms. The van der Waals surface area contributed by atoms with Crippen molar-refractivity contribution in [3.63, 3.8) is 0 Å². The van der Waals surface area contributed by atoms with E-state index in [4.69, 9.17) is 4.74 Å².